The normalized spacial score (nSPS) is 9.42. The average molecular weight is 261 g/mol. The third-order valence-electron chi connectivity index (χ3n) is 2.71. The highest BCUT2D eigenvalue weighted by molar-refractivity contribution is 5.90. The second-order valence-electron chi connectivity index (χ2n) is 4.50. The topological polar surface area (TPSA) is 51.8 Å². The number of para-hydroxylation sites is 1. The molecule has 2 rings (SSSR count). The molecule has 0 aliphatic heterocycles. The van der Waals surface area contributed by atoms with Gasteiger partial charge in [-0.25, -0.2) is 9.97 Å². The molecular formula is C16H27N3. The van der Waals surface area contributed by atoms with Gasteiger partial charge in [0.05, 0.1) is 11.2 Å². The van der Waals surface area contributed by atoms with Crippen LogP contribution in [0.1, 0.15) is 46.7 Å². The van der Waals surface area contributed by atoms with Crippen molar-refractivity contribution in [3.63, 3.8) is 0 Å². The SMILES string of the molecule is CC.CCC(C)C.Cc1ncnc2c(N)cccc12. The molecule has 0 spiro atoms. The average Bonchev–Trinajstić information content (AvgIpc) is 2.43. The van der Waals surface area contributed by atoms with Gasteiger partial charge in [-0.2, -0.15) is 0 Å². The molecule has 19 heavy (non-hydrogen) atoms. The number of hydrogen-bond acceptors (Lipinski definition) is 3. The number of nitrogen functional groups attached to an aromatic ring is 1. The Bertz CT molecular complexity index is 437. The van der Waals surface area contributed by atoms with Crippen LogP contribution in [0.3, 0.4) is 0 Å². The van der Waals surface area contributed by atoms with Crippen LogP contribution in [-0.2, 0) is 0 Å². The molecule has 1 heterocycles. The summed E-state index contributed by atoms with van der Waals surface area (Å²) in [7, 11) is 0. The molecule has 2 N–H and O–H groups in total. The highest BCUT2D eigenvalue weighted by Gasteiger charge is 2.00. The first-order valence-corrected chi connectivity index (χ1v) is 7.02. The molecule has 0 atom stereocenters. The lowest BCUT2D eigenvalue weighted by Gasteiger charge is -2.01. The minimum atomic E-state index is 0.706. The van der Waals surface area contributed by atoms with Gasteiger partial charge in [-0.15, -0.1) is 0 Å². The zero-order valence-electron chi connectivity index (χ0n) is 13.1. The van der Waals surface area contributed by atoms with Gasteiger partial charge in [-0.05, 0) is 18.9 Å². The second kappa shape index (κ2) is 9.31. The molecule has 0 aliphatic carbocycles. The molecule has 2 aromatic rings. The van der Waals surface area contributed by atoms with Gasteiger partial charge in [0.2, 0.25) is 0 Å². The van der Waals surface area contributed by atoms with E-state index in [4.69, 9.17) is 5.73 Å². The fourth-order valence-electron chi connectivity index (χ4n) is 1.24. The lowest BCUT2D eigenvalue weighted by Crippen LogP contribution is -1.92. The molecule has 0 fully saturated rings. The zero-order chi connectivity index (χ0) is 14.8. The Kier molecular flexibility index (Phi) is 8.51. The number of rotatable bonds is 1. The van der Waals surface area contributed by atoms with Crippen molar-refractivity contribution in [1.82, 2.24) is 9.97 Å². The number of nitrogens with zero attached hydrogens (tertiary/aromatic N) is 2. The third-order valence-corrected chi connectivity index (χ3v) is 2.71. The van der Waals surface area contributed by atoms with Crippen LogP contribution in [0.2, 0.25) is 0 Å². The summed E-state index contributed by atoms with van der Waals surface area (Å²) in [5, 5.41) is 1.03. The van der Waals surface area contributed by atoms with E-state index >= 15 is 0 Å². The fourth-order valence-corrected chi connectivity index (χ4v) is 1.24. The van der Waals surface area contributed by atoms with Crippen LogP contribution < -0.4 is 5.73 Å². The number of benzene rings is 1. The van der Waals surface area contributed by atoms with E-state index < -0.39 is 0 Å². The van der Waals surface area contributed by atoms with Crippen molar-refractivity contribution in [2.45, 2.75) is 48.0 Å². The van der Waals surface area contributed by atoms with Crippen LogP contribution in [0, 0.1) is 12.8 Å². The first-order chi connectivity index (χ1) is 9.06. The van der Waals surface area contributed by atoms with Crippen LogP contribution in [0.5, 0.6) is 0 Å². The molecule has 0 saturated heterocycles. The van der Waals surface area contributed by atoms with Gasteiger partial charge in [0.15, 0.2) is 0 Å². The molecule has 1 aromatic carbocycles. The maximum Gasteiger partial charge on any atom is 0.116 e. The van der Waals surface area contributed by atoms with Gasteiger partial charge in [0, 0.05) is 11.1 Å². The fraction of sp³-hybridized carbons (Fsp3) is 0.500. The van der Waals surface area contributed by atoms with E-state index in [1.165, 1.54) is 12.7 Å². The van der Waals surface area contributed by atoms with Crippen molar-refractivity contribution in [1.29, 1.82) is 0 Å². The second-order valence-corrected chi connectivity index (χ2v) is 4.50. The minimum Gasteiger partial charge on any atom is -0.397 e. The molecule has 0 aliphatic rings. The van der Waals surface area contributed by atoms with Crippen molar-refractivity contribution >= 4 is 16.6 Å². The van der Waals surface area contributed by atoms with Crippen molar-refractivity contribution < 1.29 is 0 Å². The first-order valence-electron chi connectivity index (χ1n) is 7.02. The van der Waals surface area contributed by atoms with Gasteiger partial charge < -0.3 is 5.73 Å². The van der Waals surface area contributed by atoms with E-state index in [1.807, 2.05) is 39.0 Å². The quantitative estimate of drug-likeness (QED) is 0.763. The van der Waals surface area contributed by atoms with Gasteiger partial charge in [-0.3, -0.25) is 0 Å². The monoisotopic (exact) mass is 261 g/mol. The van der Waals surface area contributed by atoms with Gasteiger partial charge in [0.25, 0.3) is 0 Å². The van der Waals surface area contributed by atoms with E-state index in [2.05, 4.69) is 30.7 Å². The number of fused-ring (bicyclic) bond motifs is 1. The van der Waals surface area contributed by atoms with E-state index in [9.17, 15) is 0 Å². The van der Waals surface area contributed by atoms with Crippen molar-refractivity contribution in [2.75, 3.05) is 5.73 Å². The maximum atomic E-state index is 5.73. The highest BCUT2D eigenvalue weighted by Crippen LogP contribution is 2.18. The summed E-state index contributed by atoms with van der Waals surface area (Å²) in [6.07, 6.45) is 2.84. The van der Waals surface area contributed by atoms with E-state index in [0.29, 0.717) is 5.69 Å². The Morgan fingerprint density at radius 2 is 1.74 bits per heavy atom. The molecular weight excluding hydrogens is 234 g/mol. The number of aryl methyl sites for hydroxylation is 1. The summed E-state index contributed by atoms with van der Waals surface area (Å²) in [4.78, 5) is 8.19. The smallest absolute Gasteiger partial charge is 0.116 e. The van der Waals surface area contributed by atoms with Crippen molar-refractivity contribution in [3.05, 3.63) is 30.2 Å². The first kappa shape index (κ1) is 17.4. The Morgan fingerprint density at radius 3 is 2.21 bits per heavy atom. The predicted molar refractivity (Wildman–Crippen MR) is 85.2 cm³/mol. The summed E-state index contributed by atoms with van der Waals surface area (Å²) in [5.74, 6) is 0.884. The molecule has 0 unspecified atom stereocenters. The number of anilines is 1. The molecule has 0 amide bonds. The molecule has 0 radical (unpaired) electrons. The van der Waals surface area contributed by atoms with Crippen molar-refractivity contribution in [3.8, 4) is 0 Å². The van der Waals surface area contributed by atoms with Crippen LogP contribution >= 0.6 is 0 Å². The van der Waals surface area contributed by atoms with Gasteiger partial charge in [0.1, 0.15) is 6.33 Å². The Balaban J connectivity index is 0.000000396. The molecule has 106 valence electrons. The maximum absolute atomic E-state index is 5.73. The van der Waals surface area contributed by atoms with Crippen LogP contribution in [0.4, 0.5) is 5.69 Å². The van der Waals surface area contributed by atoms with E-state index in [1.54, 1.807) is 0 Å². The number of hydrogen-bond donors (Lipinski definition) is 1. The molecule has 3 nitrogen and oxygen atoms in total. The standard InChI is InChI=1S/C9H9N3.C5H12.C2H6/c1-6-7-3-2-4-8(10)9(7)12-5-11-6;1-4-5(2)3;1-2/h2-5H,10H2,1H3;5H,4H2,1-3H3;1-2H3. The Hall–Kier alpha value is -1.64. The minimum absolute atomic E-state index is 0.706. The van der Waals surface area contributed by atoms with Crippen LogP contribution in [0.25, 0.3) is 10.9 Å². The zero-order valence-corrected chi connectivity index (χ0v) is 13.1. The lowest BCUT2D eigenvalue weighted by molar-refractivity contribution is 0.626. The van der Waals surface area contributed by atoms with Crippen LogP contribution in [0.15, 0.2) is 24.5 Å². The molecule has 1 aromatic heterocycles. The van der Waals surface area contributed by atoms with Gasteiger partial charge >= 0.3 is 0 Å². The largest absolute Gasteiger partial charge is 0.397 e. The Morgan fingerprint density at radius 1 is 1.16 bits per heavy atom. The summed E-state index contributed by atoms with van der Waals surface area (Å²) < 4.78 is 0. The summed E-state index contributed by atoms with van der Waals surface area (Å²) in [6.45, 7) is 12.6. The highest BCUT2D eigenvalue weighted by atomic mass is 14.8. The lowest BCUT2D eigenvalue weighted by atomic mass is 10.2. The molecule has 3 heteroatoms. The third kappa shape index (κ3) is 5.69. The Labute approximate surface area is 117 Å². The van der Waals surface area contributed by atoms with Crippen LogP contribution in [-0.4, -0.2) is 9.97 Å². The van der Waals surface area contributed by atoms with Gasteiger partial charge in [-0.1, -0.05) is 53.2 Å². The molecule has 0 saturated carbocycles. The number of aromatic nitrogens is 2. The summed E-state index contributed by atoms with van der Waals surface area (Å²) in [6, 6.07) is 5.73. The van der Waals surface area contributed by atoms with E-state index in [0.717, 1.165) is 22.5 Å². The number of nitrogens with two attached hydrogens (primary N) is 1. The van der Waals surface area contributed by atoms with E-state index in [-0.39, 0.29) is 0 Å². The summed E-state index contributed by atoms with van der Waals surface area (Å²) in [5.41, 5.74) is 8.24. The van der Waals surface area contributed by atoms with Crippen molar-refractivity contribution in [2.24, 2.45) is 5.92 Å². The predicted octanol–water partition coefficient (Wildman–Crippen LogP) is 4.60. The molecule has 0 bridgehead atoms. The summed E-state index contributed by atoms with van der Waals surface area (Å²) >= 11 is 0.